The van der Waals surface area contributed by atoms with Crippen LogP contribution in [-0.4, -0.2) is 47.1 Å². The van der Waals surface area contributed by atoms with Crippen LogP contribution in [0.1, 0.15) is 18.4 Å². The van der Waals surface area contributed by atoms with E-state index in [1.807, 2.05) is 11.0 Å². The Balaban J connectivity index is 1.81. The van der Waals surface area contributed by atoms with Crippen molar-refractivity contribution in [3.63, 3.8) is 0 Å². The molecule has 0 spiro atoms. The average Bonchev–Trinajstić information content (AvgIpc) is 3.04. The van der Waals surface area contributed by atoms with E-state index in [0.29, 0.717) is 30.1 Å². The van der Waals surface area contributed by atoms with Crippen molar-refractivity contribution in [2.75, 3.05) is 25.0 Å². The highest BCUT2D eigenvalue weighted by Crippen LogP contribution is 2.23. The number of carbonyl (C=O) groups excluding carboxylic acids is 1. The Morgan fingerprint density at radius 1 is 1.62 bits per heavy atom. The molecule has 1 aliphatic heterocycles. The lowest BCUT2D eigenvalue weighted by molar-refractivity contribution is -0.142. The zero-order valence-corrected chi connectivity index (χ0v) is 12.2. The third kappa shape index (κ3) is 3.58. The quantitative estimate of drug-likeness (QED) is 0.726. The largest absolute Gasteiger partial charge is 0.480 e. The van der Waals surface area contributed by atoms with Crippen LogP contribution in [0.2, 0.25) is 0 Å². The van der Waals surface area contributed by atoms with Crippen molar-refractivity contribution < 1.29 is 14.7 Å². The van der Waals surface area contributed by atoms with Crippen LogP contribution in [0, 0.1) is 11.3 Å². The van der Waals surface area contributed by atoms with E-state index >= 15 is 0 Å². The molecule has 1 atom stereocenters. The summed E-state index contributed by atoms with van der Waals surface area (Å²) in [6.07, 6.45) is 0.617. The van der Waals surface area contributed by atoms with Crippen molar-refractivity contribution in [2.45, 2.75) is 18.4 Å². The Morgan fingerprint density at radius 3 is 3.00 bits per heavy atom. The molecule has 1 unspecified atom stereocenters. The smallest absolute Gasteiger partial charge is 0.325 e. The number of thiophene rings is 1. The fourth-order valence-electron chi connectivity index (χ4n) is 2.22. The highest BCUT2D eigenvalue weighted by atomic mass is 32.1. The van der Waals surface area contributed by atoms with E-state index in [9.17, 15) is 9.59 Å². The second kappa shape index (κ2) is 6.22. The number of carbonyl (C=O) groups is 2. The molecule has 0 aliphatic carbocycles. The van der Waals surface area contributed by atoms with Gasteiger partial charge in [-0.1, -0.05) is 0 Å². The Kier molecular flexibility index (Phi) is 4.57. The van der Waals surface area contributed by atoms with Crippen molar-refractivity contribution in [1.29, 1.82) is 5.26 Å². The van der Waals surface area contributed by atoms with Gasteiger partial charge in [0, 0.05) is 26.1 Å². The Labute approximate surface area is 126 Å². The molecule has 0 radical (unpaired) electrons. The van der Waals surface area contributed by atoms with Crippen molar-refractivity contribution in [1.82, 2.24) is 4.90 Å². The second-order valence-electron chi connectivity index (χ2n) is 5.06. The molecule has 4 N–H and O–H groups in total. The predicted octanol–water partition coefficient (Wildman–Crippen LogP) is 0.436. The summed E-state index contributed by atoms with van der Waals surface area (Å²) in [5, 5.41) is 22.9. The number of nitrogens with zero attached hydrogens (tertiary/aromatic N) is 2. The Hall–Kier alpha value is -1.95. The lowest BCUT2D eigenvalue weighted by Gasteiger charge is -2.19. The standard InChI is InChI=1S/C13H16N4O3S/c14-7-9-2-6-21-11(9)16-10(18)1-4-17-5-3-13(15,8-17)12(19)20/h2,6H,1,3-5,8,15H2,(H,16,18)(H,19,20). The molecule has 1 amide bonds. The average molecular weight is 308 g/mol. The summed E-state index contributed by atoms with van der Waals surface area (Å²) >= 11 is 1.30. The molecule has 112 valence electrons. The Morgan fingerprint density at radius 2 is 2.38 bits per heavy atom. The minimum absolute atomic E-state index is 0.196. The highest BCUT2D eigenvalue weighted by Gasteiger charge is 2.40. The molecular formula is C13H16N4O3S. The molecule has 0 bridgehead atoms. The van der Waals surface area contributed by atoms with Crippen LogP contribution in [0.4, 0.5) is 5.00 Å². The number of aliphatic carboxylic acids is 1. The number of nitrogens with one attached hydrogen (secondary N) is 1. The van der Waals surface area contributed by atoms with E-state index in [4.69, 9.17) is 16.1 Å². The Bertz CT molecular complexity index is 594. The lowest BCUT2D eigenvalue weighted by atomic mass is 10.0. The van der Waals surface area contributed by atoms with Gasteiger partial charge in [-0.2, -0.15) is 5.26 Å². The number of nitrogens with two attached hydrogens (primary N) is 1. The van der Waals surface area contributed by atoms with Crippen LogP contribution in [0.3, 0.4) is 0 Å². The fraction of sp³-hybridized carbons (Fsp3) is 0.462. The van der Waals surface area contributed by atoms with Gasteiger partial charge in [-0.25, -0.2) is 0 Å². The van der Waals surface area contributed by atoms with Gasteiger partial charge >= 0.3 is 5.97 Å². The predicted molar refractivity (Wildman–Crippen MR) is 77.9 cm³/mol. The SMILES string of the molecule is N#Cc1ccsc1NC(=O)CCN1CCC(N)(C(=O)O)C1. The number of rotatable bonds is 5. The molecule has 7 nitrogen and oxygen atoms in total. The molecule has 1 fully saturated rings. The van der Waals surface area contributed by atoms with E-state index in [1.165, 1.54) is 11.3 Å². The van der Waals surface area contributed by atoms with Gasteiger partial charge in [0.2, 0.25) is 5.91 Å². The van der Waals surface area contributed by atoms with Gasteiger partial charge in [-0.05, 0) is 17.9 Å². The van der Waals surface area contributed by atoms with Crippen LogP contribution >= 0.6 is 11.3 Å². The van der Waals surface area contributed by atoms with E-state index in [1.54, 1.807) is 11.4 Å². The summed E-state index contributed by atoms with van der Waals surface area (Å²) < 4.78 is 0. The number of carboxylic acids is 1. The lowest BCUT2D eigenvalue weighted by Crippen LogP contribution is -2.50. The van der Waals surface area contributed by atoms with Crippen LogP contribution < -0.4 is 11.1 Å². The van der Waals surface area contributed by atoms with Crippen LogP contribution in [0.5, 0.6) is 0 Å². The number of hydrogen-bond donors (Lipinski definition) is 3. The third-order valence-corrected chi connectivity index (χ3v) is 4.33. The van der Waals surface area contributed by atoms with Crippen LogP contribution in [0.25, 0.3) is 0 Å². The number of amides is 1. The topological polar surface area (TPSA) is 119 Å². The summed E-state index contributed by atoms with van der Waals surface area (Å²) in [6.45, 7) is 1.27. The van der Waals surface area contributed by atoms with Crippen molar-refractivity contribution in [3.8, 4) is 6.07 Å². The van der Waals surface area contributed by atoms with Crippen LogP contribution in [0.15, 0.2) is 11.4 Å². The zero-order chi connectivity index (χ0) is 15.5. The summed E-state index contributed by atoms with van der Waals surface area (Å²) in [4.78, 5) is 24.7. The maximum absolute atomic E-state index is 11.8. The van der Waals surface area contributed by atoms with Crippen molar-refractivity contribution in [2.24, 2.45) is 5.73 Å². The number of anilines is 1. The molecule has 8 heteroatoms. The van der Waals surface area contributed by atoms with Crippen LogP contribution in [-0.2, 0) is 9.59 Å². The molecule has 1 aromatic heterocycles. The van der Waals surface area contributed by atoms with Gasteiger partial charge in [-0.15, -0.1) is 11.3 Å². The molecule has 2 rings (SSSR count). The van der Waals surface area contributed by atoms with E-state index in [2.05, 4.69) is 5.32 Å². The van der Waals surface area contributed by atoms with Gasteiger partial charge in [0.1, 0.15) is 16.6 Å². The zero-order valence-electron chi connectivity index (χ0n) is 11.3. The molecule has 1 aromatic rings. The van der Waals surface area contributed by atoms with Gasteiger partial charge in [0.05, 0.1) is 5.56 Å². The summed E-state index contributed by atoms with van der Waals surface area (Å²) in [7, 11) is 0. The summed E-state index contributed by atoms with van der Waals surface area (Å²) in [5.74, 6) is -1.20. The number of likely N-dealkylation sites (tertiary alicyclic amines) is 1. The first-order chi connectivity index (χ1) is 9.94. The highest BCUT2D eigenvalue weighted by molar-refractivity contribution is 7.14. The van der Waals surface area contributed by atoms with Crippen molar-refractivity contribution >= 4 is 28.2 Å². The first-order valence-electron chi connectivity index (χ1n) is 6.47. The number of carboxylic acid groups (broad SMARTS) is 1. The van der Waals surface area contributed by atoms with Gasteiger partial charge in [0.25, 0.3) is 0 Å². The maximum atomic E-state index is 11.8. The fourth-order valence-corrected chi connectivity index (χ4v) is 2.98. The molecule has 1 aliphatic rings. The van der Waals surface area contributed by atoms with E-state index < -0.39 is 11.5 Å². The van der Waals surface area contributed by atoms with E-state index in [0.717, 1.165) is 0 Å². The first kappa shape index (κ1) is 15.4. The summed E-state index contributed by atoms with van der Waals surface area (Å²) in [5.41, 5.74) is 5.01. The molecule has 21 heavy (non-hydrogen) atoms. The molecular weight excluding hydrogens is 292 g/mol. The molecule has 2 heterocycles. The normalized spacial score (nSPS) is 21.9. The second-order valence-corrected chi connectivity index (χ2v) is 5.98. The molecule has 1 saturated heterocycles. The first-order valence-corrected chi connectivity index (χ1v) is 7.34. The van der Waals surface area contributed by atoms with Gasteiger partial charge in [0.15, 0.2) is 0 Å². The van der Waals surface area contributed by atoms with Gasteiger partial charge < -0.3 is 21.1 Å². The maximum Gasteiger partial charge on any atom is 0.325 e. The van der Waals surface area contributed by atoms with Crippen molar-refractivity contribution in [3.05, 3.63) is 17.0 Å². The van der Waals surface area contributed by atoms with E-state index in [-0.39, 0.29) is 18.9 Å². The van der Waals surface area contributed by atoms with Gasteiger partial charge in [-0.3, -0.25) is 9.59 Å². The summed E-state index contributed by atoms with van der Waals surface area (Å²) in [6, 6.07) is 3.65. The monoisotopic (exact) mass is 308 g/mol. The number of hydrogen-bond acceptors (Lipinski definition) is 6. The minimum Gasteiger partial charge on any atom is -0.480 e. The number of nitriles is 1. The third-order valence-electron chi connectivity index (χ3n) is 3.50. The molecule has 0 aromatic carbocycles. The molecule has 0 saturated carbocycles. The minimum atomic E-state index is -1.21.